The summed E-state index contributed by atoms with van der Waals surface area (Å²) in [6.07, 6.45) is 90.8. The van der Waals surface area contributed by atoms with Gasteiger partial charge in [-0.2, -0.15) is 0 Å². The number of aromatic hydroxyl groups is 3. The molecular weight excluding hydrogens is 1370 g/mol. The van der Waals surface area contributed by atoms with Gasteiger partial charge in [-0.3, -0.25) is 0 Å². The standard InChI is InChI=1S/C106H176O6/c1-7-11-15-19-23-27-31-35-39-43-47-51-55-59-63-67-71-90-77-94-85-96-79-91(72-68-64-60-56-52-48-44-40-36-32-28-24-20-16-12-8-2)81-98(103(96)108)87-100-83-93(74-70-66-62-58-54-50-46-42-38-34-30-26-22-18-14-10-4)84-101(105(100)111-75-76-112-106(110)89(5)6)88-99-82-92(80-97(104(99)109)86-95(78-90)102(94)107)73-69-65-61-57-53-49-45-41-37-33-29-25-21-17-13-9-3/h77-84,107-109H,5,7-76,85-88H2,1-4,6H3. The lowest BCUT2D eigenvalue weighted by atomic mass is 9.87. The number of carbonyl (C=O) groups is 1. The molecule has 0 aliphatic heterocycles. The van der Waals surface area contributed by atoms with Gasteiger partial charge in [-0.15, -0.1) is 0 Å². The van der Waals surface area contributed by atoms with Crippen molar-refractivity contribution in [2.24, 2.45) is 0 Å². The second-order valence-electron chi connectivity index (χ2n) is 35.7. The number of carbonyl (C=O) groups excluding carboxylic acids is 1. The maximum Gasteiger partial charge on any atom is 0.333 e. The Bertz CT molecular complexity index is 2850. The van der Waals surface area contributed by atoms with Gasteiger partial charge in [0.05, 0.1) is 0 Å². The summed E-state index contributed by atoms with van der Waals surface area (Å²) in [6.45, 7) is 15.0. The molecule has 0 amide bonds. The van der Waals surface area contributed by atoms with Crippen molar-refractivity contribution in [1.82, 2.24) is 0 Å². The van der Waals surface area contributed by atoms with Crippen LogP contribution in [0.1, 0.15) is 512 Å². The zero-order chi connectivity index (χ0) is 79.8. The summed E-state index contributed by atoms with van der Waals surface area (Å²) < 4.78 is 12.7. The number of hydrogen-bond donors (Lipinski definition) is 3. The molecule has 1 aliphatic carbocycles. The van der Waals surface area contributed by atoms with Crippen LogP contribution in [0.5, 0.6) is 23.0 Å². The molecule has 112 heavy (non-hydrogen) atoms. The van der Waals surface area contributed by atoms with Crippen molar-refractivity contribution >= 4 is 5.97 Å². The van der Waals surface area contributed by atoms with Crippen LogP contribution in [-0.2, 0) is 60.9 Å². The molecule has 5 rings (SSSR count). The molecule has 0 radical (unpaired) electrons. The fourth-order valence-corrected chi connectivity index (χ4v) is 17.9. The van der Waals surface area contributed by atoms with Crippen molar-refractivity contribution in [2.75, 3.05) is 13.2 Å². The van der Waals surface area contributed by atoms with Crippen LogP contribution in [0.4, 0.5) is 0 Å². The van der Waals surface area contributed by atoms with Gasteiger partial charge < -0.3 is 24.8 Å². The lowest BCUT2D eigenvalue weighted by Crippen LogP contribution is -2.14. The Morgan fingerprint density at radius 1 is 0.259 bits per heavy atom. The molecule has 0 unspecified atom stereocenters. The highest BCUT2D eigenvalue weighted by molar-refractivity contribution is 5.86. The Morgan fingerprint density at radius 2 is 0.420 bits per heavy atom. The average molecular weight is 1550 g/mol. The molecule has 0 fully saturated rings. The Labute approximate surface area is 692 Å². The number of rotatable bonds is 73. The van der Waals surface area contributed by atoms with Crippen molar-refractivity contribution in [2.45, 2.75) is 497 Å². The van der Waals surface area contributed by atoms with Crippen molar-refractivity contribution in [3.05, 3.63) is 127 Å². The van der Waals surface area contributed by atoms with E-state index in [0.717, 1.165) is 102 Å². The first-order valence-corrected chi connectivity index (χ1v) is 49.2. The van der Waals surface area contributed by atoms with Crippen molar-refractivity contribution in [1.29, 1.82) is 0 Å². The summed E-state index contributed by atoms with van der Waals surface area (Å²) in [5.41, 5.74) is 12.4. The maximum absolute atomic E-state index is 13.0. The number of esters is 1. The lowest BCUT2D eigenvalue weighted by Gasteiger charge is -2.22. The topological polar surface area (TPSA) is 96.2 Å². The van der Waals surface area contributed by atoms with Crippen molar-refractivity contribution in [3.63, 3.8) is 0 Å². The van der Waals surface area contributed by atoms with Crippen LogP contribution in [0.2, 0.25) is 0 Å². The smallest absolute Gasteiger partial charge is 0.333 e. The molecule has 0 saturated heterocycles. The van der Waals surface area contributed by atoms with Gasteiger partial charge in [0.2, 0.25) is 0 Å². The summed E-state index contributed by atoms with van der Waals surface area (Å²) in [5, 5.41) is 38.8. The van der Waals surface area contributed by atoms with Crippen LogP contribution in [0, 0.1) is 0 Å². The molecule has 3 N–H and O–H groups in total. The molecule has 636 valence electrons. The van der Waals surface area contributed by atoms with E-state index >= 15 is 0 Å². The van der Waals surface area contributed by atoms with Crippen molar-refractivity contribution < 1.29 is 29.6 Å². The van der Waals surface area contributed by atoms with E-state index in [0.29, 0.717) is 42.8 Å². The highest BCUT2D eigenvalue weighted by Crippen LogP contribution is 2.41. The second-order valence-corrected chi connectivity index (χ2v) is 35.7. The molecule has 8 bridgehead atoms. The van der Waals surface area contributed by atoms with Gasteiger partial charge in [0, 0.05) is 31.3 Å². The third-order valence-electron chi connectivity index (χ3n) is 25.0. The first-order valence-electron chi connectivity index (χ1n) is 49.2. The van der Waals surface area contributed by atoms with Gasteiger partial charge in [0.25, 0.3) is 0 Å². The zero-order valence-corrected chi connectivity index (χ0v) is 74.2. The molecule has 0 spiro atoms. The number of aryl methyl sites for hydroxylation is 4. The number of phenolic OH excluding ortho intramolecular Hbond substituents is 3. The minimum absolute atomic E-state index is 0.0720. The summed E-state index contributed by atoms with van der Waals surface area (Å²) in [7, 11) is 0. The van der Waals surface area contributed by atoms with E-state index in [-0.39, 0.29) is 19.0 Å². The normalized spacial score (nSPS) is 12.2. The summed E-state index contributed by atoms with van der Waals surface area (Å²) in [5.74, 6) is 1.17. The molecule has 0 saturated carbocycles. The average Bonchev–Trinajstić information content (AvgIpc) is 0.780. The monoisotopic (exact) mass is 1550 g/mol. The Balaban J connectivity index is 1.43. The van der Waals surface area contributed by atoms with Crippen molar-refractivity contribution in [3.8, 4) is 23.0 Å². The Hall–Kier alpha value is -4.71. The number of unbranched alkanes of at least 4 members (excludes halogenated alkanes) is 60. The third kappa shape index (κ3) is 45.7. The van der Waals surface area contributed by atoms with Crippen LogP contribution >= 0.6 is 0 Å². The molecule has 4 aromatic carbocycles. The molecule has 1 aliphatic rings. The number of fused-ring (bicyclic) bond motifs is 8. The van der Waals surface area contributed by atoms with E-state index in [1.54, 1.807) is 6.92 Å². The lowest BCUT2D eigenvalue weighted by molar-refractivity contribution is -0.139. The van der Waals surface area contributed by atoms with Gasteiger partial charge in [0.15, 0.2) is 0 Å². The fourth-order valence-electron chi connectivity index (χ4n) is 17.9. The number of phenols is 3. The van der Waals surface area contributed by atoms with E-state index in [1.807, 2.05) is 0 Å². The van der Waals surface area contributed by atoms with Gasteiger partial charge in [-0.05, 0) is 125 Å². The van der Waals surface area contributed by atoms with Gasteiger partial charge in [-0.25, -0.2) is 4.79 Å². The predicted octanol–water partition coefficient (Wildman–Crippen LogP) is 33.2. The summed E-state index contributed by atoms with van der Waals surface area (Å²) in [6, 6.07) is 18.2. The highest BCUT2D eigenvalue weighted by Gasteiger charge is 2.24. The minimum Gasteiger partial charge on any atom is -0.507 e. The highest BCUT2D eigenvalue weighted by atomic mass is 16.6. The number of ether oxygens (including phenoxy) is 2. The second kappa shape index (κ2) is 66.3. The van der Waals surface area contributed by atoms with Gasteiger partial charge in [0.1, 0.15) is 36.2 Å². The van der Waals surface area contributed by atoms with Crippen LogP contribution in [-0.4, -0.2) is 34.5 Å². The first-order chi connectivity index (χ1) is 55.0. The third-order valence-corrected chi connectivity index (χ3v) is 25.0. The molecule has 6 nitrogen and oxygen atoms in total. The van der Waals surface area contributed by atoms with Gasteiger partial charge in [-0.1, -0.05) is 468 Å². The van der Waals surface area contributed by atoms with Gasteiger partial charge >= 0.3 is 5.97 Å². The molecule has 0 aromatic heterocycles. The largest absolute Gasteiger partial charge is 0.507 e. The Morgan fingerprint density at radius 3 is 0.598 bits per heavy atom. The number of benzene rings is 4. The summed E-state index contributed by atoms with van der Waals surface area (Å²) in [4.78, 5) is 12.9. The van der Waals surface area contributed by atoms with Crippen LogP contribution in [0.25, 0.3) is 0 Å². The predicted molar refractivity (Wildman–Crippen MR) is 486 cm³/mol. The van der Waals surface area contributed by atoms with Crippen LogP contribution in [0.3, 0.4) is 0 Å². The van der Waals surface area contributed by atoms with E-state index < -0.39 is 5.97 Å². The molecule has 6 heteroatoms. The Kier molecular flexibility index (Phi) is 58.0. The quantitative estimate of drug-likeness (QED) is 0.0204. The SMILES string of the molecule is C=C(C)C(=O)OCCOc1c2cc(CCCCCCCCCCCCCCCCCC)cc1Cc1cc(CCCCCCCCCCCCCCCCCC)cc(c1O)Cc1cc(CCCCCCCCCCCCCCCCCC)cc(c1O)Cc1cc(CCCCCCCCCCCCCCCCCC)cc(c1O)C2. The van der Waals surface area contributed by atoms with E-state index in [9.17, 15) is 20.1 Å². The molecule has 0 heterocycles. The number of hydrogen-bond acceptors (Lipinski definition) is 6. The minimum atomic E-state index is -0.430. The zero-order valence-electron chi connectivity index (χ0n) is 74.2. The van der Waals surface area contributed by atoms with E-state index in [2.05, 4.69) is 82.8 Å². The first kappa shape index (κ1) is 97.9. The molecular formula is C106H176O6. The molecule has 4 aromatic rings. The fraction of sp³-hybridized carbons (Fsp3) is 0.745. The summed E-state index contributed by atoms with van der Waals surface area (Å²) >= 11 is 0. The van der Waals surface area contributed by atoms with Crippen LogP contribution < -0.4 is 4.74 Å². The van der Waals surface area contributed by atoms with E-state index in [4.69, 9.17) is 9.47 Å². The van der Waals surface area contributed by atoms with Crippen LogP contribution in [0.15, 0.2) is 60.7 Å². The van der Waals surface area contributed by atoms with E-state index in [1.165, 1.54) is 408 Å². The molecule has 0 atom stereocenters. The maximum atomic E-state index is 13.0.